The topological polar surface area (TPSA) is 19.4 Å². The fourth-order valence-electron chi connectivity index (χ4n) is 10.6. The zero-order chi connectivity index (χ0) is 81.9. The van der Waals surface area contributed by atoms with E-state index in [4.69, 9.17) is 28.8 Å². The number of nitrogens with zero attached hydrogens (tertiary/aromatic N) is 5. The highest BCUT2D eigenvalue weighted by atomic mass is 14.9. The van der Waals surface area contributed by atoms with E-state index in [-0.39, 0.29) is 22.3 Å². The number of aromatic nitrogens is 5. The number of hydrogen-bond acceptors (Lipinski definition) is 0. The first kappa shape index (κ1) is 43.5. The van der Waals surface area contributed by atoms with Crippen molar-refractivity contribution >= 4 is 0 Å². The van der Waals surface area contributed by atoms with Gasteiger partial charge in [-0.3, -0.25) is 0 Å². The van der Waals surface area contributed by atoms with E-state index in [9.17, 15) is 0 Å². The predicted molar refractivity (Wildman–Crippen MR) is 369 cm³/mol. The van der Waals surface area contributed by atoms with Crippen molar-refractivity contribution in [3.05, 3.63) is 265 Å². The minimum atomic E-state index is -2.76. The summed E-state index contributed by atoms with van der Waals surface area (Å²) >= 11 is 0. The lowest BCUT2D eigenvalue weighted by Crippen LogP contribution is -2.31. The van der Waals surface area contributed by atoms with E-state index >= 15 is 0 Å². The third-order valence-corrected chi connectivity index (χ3v) is 15.8. The molecule has 5 aromatic heterocycles. The smallest absolute Gasteiger partial charge is 0.201 e. The van der Waals surface area contributed by atoms with Gasteiger partial charge in [-0.15, -0.1) is 0 Å². The highest BCUT2D eigenvalue weighted by Gasteiger charge is 2.19. The summed E-state index contributed by atoms with van der Waals surface area (Å²) in [5, 5.41) is 0. The summed E-state index contributed by atoms with van der Waals surface area (Å²) in [6.45, 7) is 12.7. The molecule has 0 fully saturated rings. The van der Waals surface area contributed by atoms with Crippen LogP contribution in [0.15, 0.2) is 171 Å². The number of hydrogen-bond donors (Lipinski definition) is 0. The summed E-state index contributed by atoms with van der Waals surface area (Å²) < 4.78 is 168. The van der Waals surface area contributed by atoms with Crippen molar-refractivity contribution in [2.24, 2.45) is 35.2 Å². The van der Waals surface area contributed by atoms with Crippen LogP contribution in [0, 0.1) is 96.6 Å². The van der Waals surface area contributed by atoms with Gasteiger partial charge in [-0.1, -0.05) is 106 Å². The minimum absolute atomic E-state index is 0.0931. The summed E-state index contributed by atoms with van der Waals surface area (Å²) in [5.41, 5.74) is 24.9. The molecule has 10 aromatic rings. The lowest BCUT2D eigenvalue weighted by molar-refractivity contribution is -0.660. The van der Waals surface area contributed by atoms with Gasteiger partial charge in [0.1, 0.15) is 35.2 Å². The number of rotatable bonds is 8. The second-order valence-corrected chi connectivity index (χ2v) is 23.4. The van der Waals surface area contributed by atoms with Crippen LogP contribution in [0.3, 0.4) is 0 Å². The van der Waals surface area contributed by atoms with Gasteiger partial charge in [-0.25, -0.2) is 22.8 Å². The van der Waals surface area contributed by atoms with E-state index in [0.29, 0.717) is 22.6 Å². The molecule has 0 bridgehead atoms. The van der Waals surface area contributed by atoms with Gasteiger partial charge in [0.25, 0.3) is 0 Å². The third kappa shape index (κ3) is 18.0. The first-order valence-corrected chi connectivity index (χ1v) is 29.4. The largest absolute Gasteiger partial charge is 0.212 e. The van der Waals surface area contributed by atoms with Gasteiger partial charge in [0.05, 0.1) is 0 Å². The van der Waals surface area contributed by atoms with Crippen molar-refractivity contribution in [3.8, 4) is 56.3 Å². The van der Waals surface area contributed by atoms with Crippen LogP contribution in [0.5, 0.6) is 0 Å². The Morgan fingerprint density at radius 3 is 1.06 bits per heavy atom. The second-order valence-electron chi connectivity index (χ2n) is 23.4. The summed E-state index contributed by atoms with van der Waals surface area (Å²) in [4.78, 5) is 0. The Morgan fingerprint density at radius 1 is 0.333 bits per heavy atom. The lowest BCUT2D eigenvalue weighted by atomic mass is 9.95. The van der Waals surface area contributed by atoms with Crippen LogP contribution in [-0.2, 0) is 41.6 Å². The Balaban J connectivity index is 0.000000213. The molecule has 5 heteroatoms. The summed E-state index contributed by atoms with van der Waals surface area (Å²) in [5.74, 6) is -1.11. The molecule has 0 saturated heterocycles. The Morgan fingerprint density at radius 2 is 0.678 bits per heavy atom. The van der Waals surface area contributed by atoms with E-state index in [1.54, 1.807) is 127 Å². The highest BCUT2D eigenvalue weighted by molar-refractivity contribution is 5.66. The van der Waals surface area contributed by atoms with Gasteiger partial charge >= 0.3 is 0 Å². The van der Waals surface area contributed by atoms with Crippen LogP contribution < -0.4 is 22.8 Å². The zero-order valence-corrected chi connectivity index (χ0v) is 54.5. The molecule has 1 unspecified atom stereocenters. The predicted octanol–water partition coefficient (Wildman–Crippen LogP) is 18.0. The molecule has 5 heterocycles. The number of benzene rings is 5. The highest BCUT2D eigenvalue weighted by Crippen LogP contribution is 2.29. The maximum atomic E-state index is 8.20. The molecule has 10 rings (SSSR count). The van der Waals surface area contributed by atoms with Crippen LogP contribution in [-0.4, -0.2) is 0 Å². The molecule has 5 nitrogen and oxygen atoms in total. The van der Waals surface area contributed by atoms with Gasteiger partial charge < -0.3 is 0 Å². The average Bonchev–Trinajstić information content (AvgIpc) is 0.777. The average molecular weight is 1180 g/mol. The monoisotopic (exact) mass is 1180 g/mol. The molecule has 0 aliphatic heterocycles. The van der Waals surface area contributed by atoms with Crippen LogP contribution in [0.2, 0.25) is 0 Å². The molecule has 0 N–H and O–H groups in total. The maximum absolute atomic E-state index is 8.20. The third-order valence-electron chi connectivity index (χ3n) is 15.8. The second kappa shape index (κ2) is 30.5. The number of pyridine rings is 5. The standard InChI is InChI=1S/C18H24N.C17H22N.2C16H20N.C15H18N/c1-12(2)16-7-8-17(14(4)9-16)18-10-13(3)15(5)11-19(18)6;1-12(2)15-7-8-16(14(4)10-15)17-9-6-13(3)11-18(17)5;1-11-6-7-15(13(3)8-11)16-9-12(2)14(4)10-17(16)5;1-5-14-7-8-15(13(3)10-14)16-9-6-12(2)11-17(16)4;1-11-5-7-14(13(3)9-11)15-8-6-12(2)10-16(15)4/h7-12H,1-6H3;6-12H,1-5H3;6-10H,1-5H3;6-11H,5H2,1-4H3;5-10H,1-4H3/q5*+1/i;1D3,3D3,12D;;1D3,2D3,5D2;1D3,2D3. The zero-order valence-electron chi connectivity index (χ0n) is 75.5. The minimum Gasteiger partial charge on any atom is -0.201 e. The molecule has 0 amide bonds. The lowest BCUT2D eigenvalue weighted by Gasteiger charge is -2.11. The van der Waals surface area contributed by atoms with Crippen molar-refractivity contribution < 1.29 is 51.6 Å². The summed E-state index contributed by atoms with van der Waals surface area (Å²) in [7, 11) is 9.52. The van der Waals surface area contributed by atoms with E-state index < -0.39 is 53.4 Å². The van der Waals surface area contributed by atoms with Gasteiger partial charge in [0.2, 0.25) is 28.5 Å². The molecule has 1 atom stereocenters. The van der Waals surface area contributed by atoms with Crippen molar-refractivity contribution in [3.63, 3.8) is 0 Å². The van der Waals surface area contributed by atoms with Gasteiger partial charge in [-0.05, 0) is 219 Å². The maximum Gasteiger partial charge on any atom is 0.212 e. The first-order valence-electron chi connectivity index (χ1n) is 39.9. The van der Waals surface area contributed by atoms with Gasteiger partial charge in [-0.2, -0.15) is 0 Å². The Bertz CT molecular complexity index is 4680. The first-order chi connectivity index (χ1) is 49.4. The van der Waals surface area contributed by atoms with Crippen molar-refractivity contribution in [2.45, 2.75) is 149 Å². The summed E-state index contributed by atoms with van der Waals surface area (Å²) in [6, 6.07) is 42.7. The SMILES string of the molecule is Cc1cc(-c2ccc(C(C)C)cc2C)[n+](C)cc1C.Cc1ccc(-c2cc(C)c(C)c[n+]2C)c(C)c1.[2H]C([2H])([2H])c1ccc(-c2ccc(C([2H])(C)C([2H])([2H])[2H])cc2C)[n+](C)c1.[2H]C([2H])([2H])c1ccc(-c2ccc(C([2H])([2H])C([2H])([2H])[2H])cc2C)[n+](C)c1.[2H]C([2H])([2H])c1ccc(-c2ccc(C([2H])([2H])[2H])c[n+]2C)c(C)c1. The Labute approximate surface area is 555 Å². The molecular formula is C82H104N5+5. The summed E-state index contributed by atoms with van der Waals surface area (Å²) in [6.07, 6.45) is 6.66. The number of aryl methyl sites for hydroxylation is 20. The fourth-order valence-corrected chi connectivity index (χ4v) is 10.6. The van der Waals surface area contributed by atoms with Crippen LogP contribution in [0.1, 0.15) is 170 Å². The van der Waals surface area contributed by atoms with E-state index in [1.807, 2.05) is 13.8 Å². The molecule has 0 saturated carbocycles. The van der Waals surface area contributed by atoms with Crippen molar-refractivity contribution in [2.75, 3.05) is 0 Å². The molecule has 452 valence electrons. The van der Waals surface area contributed by atoms with E-state index in [1.165, 1.54) is 98.3 Å². The molecule has 0 radical (unpaired) electrons. The van der Waals surface area contributed by atoms with Crippen LogP contribution in [0.25, 0.3) is 56.3 Å². The normalized spacial score (nSPS) is 16.1. The van der Waals surface area contributed by atoms with E-state index in [2.05, 4.69) is 146 Å². The molecule has 0 aliphatic carbocycles. The molecular weight excluding hydrogens is 1050 g/mol. The van der Waals surface area contributed by atoms with Gasteiger partial charge in [0.15, 0.2) is 31.0 Å². The Kier molecular flexibility index (Phi) is 15.2. The molecule has 0 aliphatic rings. The van der Waals surface area contributed by atoms with Crippen LogP contribution >= 0.6 is 0 Å². The fraction of sp³-hybridized carbons (Fsp3) is 0.329. The molecule has 87 heavy (non-hydrogen) atoms. The van der Waals surface area contributed by atoms with Gasteiger partial charge in [0, 0.05) is 115 Å². The Hall–Kier alpha value is -8.15. The van der Waals surface area contributed by atoms with Crippen molar-refractivity contribution in [1.82, 2.24) is 0 Å². The molecule has 5 aromatic carbocycles. The quantitative estimate of drug-likeness (QED) is 0.135. The van der Waals surface area contributed by atoms with Crippen molar-refractivity contribution in [1.29, 1.82) is 0 Å². The van der Waals surface area contributed by atoms with E-state index in [0.717, 1.165) is 44.9 Å². The van der Waals surface area contributed by atoms with Crippen LogP contribution in [0.4, 0.5) is 0 Å². The molecule has 0 spiro atoms.